The molecule has 0 saturated carbocycles. The van der Waals surface area contributed by atoms with Crippen molar-refractivity contribution in [1.29, 1.82) is 0 Å². The van der Waals surface area contributed by atoms with Crippen LogP contribution in [0.5, 0.6) is 5.88 Å². The molecule has 0 fully saturated rings. The van der Waals surface area contributed by atoms with Crippen LogP contribution in [0.2, 0.25) is 0 Å². The summed E-state index contributed by atoms with van der Waals surface area (Å²) in [5.41, 5.74) is 9.74. The molecule has 0 aliphatic carbocycles. The highest BCUT2D eigenvalue weighted by atomic mass is 16.5. The van der Waals surface area contributed by atoms with Crippen molar-refractivity contribution in [3.63, 3.8) is 0 Å². The maximum atomic E-state index is 5.92. The van der Waals surface area contributed by atoms with Crippen LogP contribution in [0.1, 0.15) is 32.2 Å². The molecule has 0 atom stereocenters. The predicted octanol–water partition coefficient (Wildman–Crippen LogP) is 1.48. The molecule has 0 bridgehead atoms. The number of nitrogens with one attached hydrogen (secondary N) is 2. The standard InChI is InChI=1S/C12H18N4O/c1-4-7-8(5-2)15-10-9(14-7)11(13)16-12(10)17-6-3/h16H,4-6,13H2,1-3H3/p+1. The van der Waals surface area contributed by atoms with E-state index in [2.05, 4.69) is 28.8 Å². The number of hydrogen-bond donors (Lipinski definition) is 2. The number of rotatable bonds is 4. The highest BCUT2D eigenvalue weighted by Crippen LogP contribution is 2.26. The van der Waals surface area contributed by atoms with E-state index in [9.17, 15) is 0 Å². The van der Waals surface area contributed by atoms with Crippen molar-refractivity contribution in [2.24, 2.45) is 0 Å². The predicted molar refractivity (Wildman–Crippen MR) is 67.0 cm³/mol. The summed E-state index contributed by atoms with van der Waals surface area (Å²) in [5.74, 6) is 1.22. The van der Waals surface area contributed by atoms with Crippen LogP contribution < -0.4 is 15.5 Å². The first-order valence-electron chi connectivity index (χ1n) is 6.06. The smallest absolute Gasteiger partial charge is 0.275 e. The minimum atomic E-state index is 0.577. The summed E-state index contributed by atoms with van der Waals surface area (Å²) in [4.78, 5) is 11.0. The van der Waals surface area contributed by atoms with Gasteiger partial charge in [-0.25, -0.2) is 9.97 Å². The van der Waals surface area contributed by atoms with Crippen LogP contribution in [-0.4, -0.2) is 16.6 Å². The number of nitrogens with zero attached hydrogens (tertiary/aromatic N) is 1. The van der Waals surface area contributed by atoms with Gasteiger partial charge >= 0.3 is 0 Å². The summed E-state index contributed by atoms with van der Waals surface area (Å²) in [6, 6.07) is 0. The first-order valence-corrected chi connectivity index (χ1v) is 6.06. The highest BCUT2D eigenvalue weighted by Gasteiger charge is 2.20. The lowest BCUT2D eigenvalue weighted by molar-refractivity contribution is -0.358. The number of hydrogen-bond acceptors (Lipinski definition) is 3. The average molecular weight is 235 g/mol. The maximum absolute atomic E-state index is 5.92. The Morgan fingerprint density at radius 1 is 1.29 bits per heavy atom. The summed E-state index contributed by atoms with van der Waals surface area (Å²) in [6.07, 6.45) is 1.81. The van der Waals surface area contributed by atoms with E-state index in [4.69, 9.17) is 10.5 Å². The third-order valence-corrected chi connectivity index (χ3v) is 2.82. The molecule has 0 aromatic carbocycles. The van der Waals surface area contributed by atoms with Crippen LogP contribution in [0.4, 0.5) is 5.82 Å². The quantitative estimate of drug-likeness (QED) is 0.842. The van der Waals surface area contributed by atoms with E-state index in [-0.39, 0.29) is 0 Å². The number of nitrogen functional groups attached to an aromatic ring is 1. The number of nitrogens with two attached hydrogens (primary N) is 1. The second-order valence-corrected chi connectivity index (χ2v) is 3.89. The molecule has 2 aromatic rings. The third kappa shape index (κ3) is 1.92. The van der Waals surface area contributed by atoms with E-state index in [1.54, 1.807) is 0 Å². The number of aromatic amines is 2. The second-order valence-electron chi connectivity index (χ2n) is 3.89. The molecule has 92 valence electrons. The third-order valence-electron chi connectivity index (χ3n) is 2.82. The molecule has 0 aliphatic rings. The first kappa shape index (κ1) is 11.7. The number of ether oxygens (including phenoxy) is 1. The van der Waals surface area contributed by atoms with Crippen LogP contribution in [0.15, 0.2) is 0 Å². The molecule has 0 spiro atoms. The van der Waals surface area contributed by atoms with Crippen molar-refractivity contribution in [3.05, 3.63) is 11.4 Å². The fourth-order valence-corrected chi connectivity index (χ4v) is 1.98. The molecule has 0 aliphatic heterocycles. The van der Waals surface area contributed by atoms with E-state index >= 15 is 0 Å². The van der Waals surface area contributed by atoms with Crippen molar-refractivity contribution < 1.29 is 9.72 Å². The molecular formula is C12H19N4O+. The zero-order valence-electron chi connectivity index (χ0n) is 10.6. The Morgan fingerprint density at radius 3 is 2.65 bits per heavy atom. The van der Waals surface area contributed by atoms with E-state index < -0.39 is 0 Å². The summed E-state index contributed by atoms with van der Waals surface area (Å²) < 4.78 is 5.49. The zero-order valence-corrected chi connectivity index (χ0v) is 10.6. The summed E-state index contributed by atoms with van der Waals surface area (Å²) >= 11 is 0. The Kier molecular flexibility index (Phi) is 3.17. The van der Waals surface area contributed by atoms with Crippen molar-refractivity contribution in [1.82, 2.24) is 9.97 Å². The average Bonchev–Trinajstić information content (AvgIpc) is 2.65. The van der Waals surface area contributed by atoms with Gasteiger partial charge in [0.1, 0.15) is 5.69 Å². The van der Waals surface area contributed by atoms with E-state index in [1.807, 2.05) is 6.92 Å². The Hall–Kier alpha value is -1.78. The van der Waals surface area contributed by atoms with Crippen molar-refractivity contribution >= 4 is 16.9 Å². The molecule has 2 heterocycles. The van der Waals surface area contributed by atoms with Gasteiger partial charge in [0.25, 0.3) is 5.52 Å². The monoisotopic (exact) mass is 235 g/mol. The molecule has 0 unspecified atom stereocenters. The fraction of sp³-hybridized carbons (Fsp3) is 0.500. The van der Waals surface area contributed by atoms with Crippen LogP contribution in [0.3, 0.4) is 0 Å². The Labute approximate surface area is 100 Å². The lowest BCUT2D eigenvalue weighted by Crippen LogP contribution is -2.17. The largest absolute Gasteiger partial charge is 0.478 e. The Morgan fingerprint density at radius 2 is 2.06 bits per heavy atom. The molecule has 17 heavy (non-hydrogen) atoms. The molecule has 5 heteroatoms. The molecular weight excluding hydrogens is 216 g/mol. The number of H-pyrrole nitrogens is 2. The minimum absolute atomic E-state index is 0.577. The molecule has 4 N–H and O–H groups in total. The van der Waals surface area contributed by atoms with E-state index in [0.717, 1.165) is 35.3 Å². The van der Waals surface area contributed by atoms with Gasteiger partial charge in [-0.3, -0.25) is 0 Å². The highest BCUT2D eigenvalue weighted by molar-refractivity contribution is 5.87. The van der Waals surface area contributed by atoms with Crippen molar-refractivity contribution in [2.75, 3.05) is 12.3 Å². The Balaban J connectivity index is 2.66. The van der Waals surface area contributed by atoms with Gasteiger partial charge in [0.15, 0.2) is 11.3 Å². The summed E-state index contributed by atoms with van der Waals surface area (Å²) in [6.45, 7) is 6.73. The van der Waals surface area contributed by atoms with Crippen molar-refractivity contribution in [3.8, 4) is 5.88 Å². The molecule has 0 amide bonds. The van der Waals surface area contributed by atoms with Gasteiger partial charge in [-0.05, 0) is 13.3 Å². The van der Waals surface area contributed by atoms with Gasteiger partial charge in [0.05, 0.1) is 6.61 Å². The van der Waals surface area contributed by atoms with Crippen molar-refractivity contribution in [2.45, 2.75) is 33.6 Å². The van der Waals surface area contributed by atoms with E-state index in [1.165, 1.54) is 0 Å². The SMILES string of the molecule is CCOc1[nH]c(N)c2[nH+]c(CC)c(CC)nc12. The first-order chi connectivity index (χ1) is 8.21. The van der Waals surface area contributed by atoms with Gasteiger partial charge in [-0.1, -0.05) is 13.8 Å². The number of fused-ring (bicyclic) bond motifs is 1. The minimum Gasteiger partial charge on any atom is -0.478 e. The molecule has 2 aromatic heterocycles. The molecule has 2 rings (SSSR count). The van der Waals surface area contributed by atoms with Crippen LogP contribution in [0, 0.1) is 0 Å². The van der Waals surface area contributed by atoms with Gasteiger partial charge in [-0.2, -0.15) is 0 Å². The van der Waals surface area contributed by atoms with Gasteiger partial charge in [0, 0.05) is 6.42 Å². The molecule has 0 radical (unpaired) electrons. The maximum Gasteiger partial charge on any atom is 0.275 e. The Bertz CT molecular complexity index is 533. The zero-order chi connectivity index (χ0) is 12.4. The van der Waals surface area contributed by atoms with E-state index in [0.29, 0.717) is 18.3 Å². The van der Waals surface area contributed by atoms with Gasteiger partial charge < -0.3 is 15.5 Å². The summed E-state index contributed by atoms with van der Waals surface area (Å²) in [5, 5.41) is 0. The lowest BCUT2D eigenvalue weighted by atomic mass is 10.2. The molecule has 5 nitrogen and oxygen atoms in total. The van der Waals surface area contributed by atoms with Gasteiger partial charge in [0.2, 0.25) is 11.6 Å². The molecule has 0 saturated heterocycles. The normalized spacial score (nSPS) is 11.0. The topological polar surface area (TPSA) is 78.1 Å². The summed E-state index contributed by atoms with van der Waals surface area (Å²) in [7, 11) is 0. The number of anilines is 1. The number of aryl methyl sites for hydroxylation is 2. The van der Waals surface area contributed by atoms with Crippen LogP contribution >= 0.6 is 0 Å². The second kappa shape index (κ2) is 4.61. The lowest BCUT2D eigenvalue weighted by Gasteiger charge is -2.00. The van der Waals surface area contributed by atoms with Gasteiger partial charge in [-0.15, -0.1) is 0 Å². The van der Waals surface area contributed by atoms with Crippen LogP contribution in [0.25, 0.3) is 11.0 Å². The number of aromatic nitrogens is 3. The van der Waals surface area contributed by atoms with Crippen LogP contribution in [-0.2, 0) is 12.8 Å². The fourth-order valence-electron chi connectivity index (χ4n) is 1.98.